The van der Waals surface area contributed by atoms with E-state index in [0.29, 0.717) is 12.1 Å². The zero-order valence-corrected chi connectivity index (χ0v) is 16.3. The highest BCUT2D eigenvalue weighted by molar-refractivity contribution is 7.90. The van der Waals surface area contributed by atoms with Gasteiger partial charge in [0.1, 0.15) is 0 Å². The zero-order valence-electron chi connectivity index (χ0n) is 14.6. The molecular formula is C18H24ClN3O3S. The number of carbonyl (C=O) groups excluding carboxylic acids is 1. The number of benzene rings is 1. The Labute approximate surface area is 160 Å². The van der Waals surface area contributed by atoms with Gasteiger partial charge in [-0.3, -0.25) is 4.79 Å². The van der Waals surface area contributed by atoms with Crippen LogP contribution in [0, 0.1) is 6.92 Å². The van der Waals surface area contributed by atoms with Crippen molar-refractivity contribution in [3.05, 3.63) is 53.9 Å². The number of nitrogens with zero attached hydrogens (tertiary/aromatic N) is 1. The summed E-state index contributed by atoms with van der Waals surface area (Å²) in [4.78, 5) is 12.7. The van der Waals surface area contributed by atoms with E-state index in [0.717, 1.165) is 35.2 Å². The van der Waals surface area contributed by atoms with Crippen LogP contribution in [-0.2, 0) is 10.0 Å². The highest BCUT2D eigenvalue weighted by Gasteiger charge is 2.34. The Morgan fingerprint density at radius 2 is 1.81 bits per heavy atom. The molecule has 0 spiro atoms. The smallest absolute Gasteiger partial charge is 0.267 e. The number of aryl methyl sites for hydroxylation is 1. The lowest BCUT2D eigenvalue weighted by molar-refractivity contribution is 0.0903. The molecule has 26 heavy (non-hydrogen) atoms. The van der Waals surface area contributed by atoms with Crippen molar-refractivity contribution in [3.63, 3.8) is 0 Å². The summed E-state index contributed by atoms with van der Waals surface area (Å²) in [5.41, 5.74) is 6.77. The lowest BCUT2D eigenvalue weighted by Crippen LogP contribution is -2.51. The average molecular weight is 398 g/mol. The van der Waals surface area contributed by atoms with E-state index in [9.17, 15) is 13.2 Å². The van der Waals surface area contributed by atoms with Gasteiger partial charge in [0.25, 0.3) is 15.9 Å². The third-order valence-corrected chi connectivity index (χ3v) is 6.51. The SMILES string of the molecule is Cc1ccc(S(=O)(=O)n2ccc(C(=O)NC3(CN)CCCC3)c2)cc1.Cl. The Kier molecular flexibility index (Phi) is 6.16. The van der Waals surface area contributed by atoms with Gasteiger partial charge >= 0.3 is 0 Å². The zero-order chi connectivity index (χ0) is 18.1. The molecule has 1 heterocycles. The molecule has 0 aliphatic heterocycles. The molecule has 0 atom stereocenters. The molecule has 3 rings (SSSR count). The largest absolute Gasteiger partial charge is 0.345 e. The molecule has 1 amide bonds. The van der Waals surface area contributed by atoms with Crippen LogP contribution >= 0.6 is 12.4 Å². The summed E-state index contributed by atoms with van der Waals surface area (Å²) >= 11 is 0. The van der Waals surface area contributed by atoms with E-state index in [4.69, 9.17) is 5.73 Å². The lowest BCUT2D eigenvalue weighted by atomic mass is 9.97. The van der Waals surface area contributed by atoms with E-state index < -0.39 is 10.0 Å². The Morgan fingerprint density at radius 3 is 2.38 bits per heavy atom. The number of hydrogen-bond donors (Lipinski definition) is 2. The maximum absolute atomic E-state index is 12.7. The van der Waals surface area contributed by atoms with Crippen molar-refractivity contribution in [1.82, 2.24) is 9.29 Å². The molecule has 1 fully saturated rings. The summed E-state index contributed by atoms with van der Waals surface area (Å²) in [5, 5.41) is 3.00. The van der Waals surface area contributed by atoms with Crippen LogP contribution in [0.2, 0.25) is 0 Å². The molecule has 0 radical (unpaired) electrons. The maximum atomic E-state index is 12.7. The van der Waals surface area contributed by atoms with Crippen molar-refractivity contribution < 1.29 is 13.2 Å². The number of amides is 1. The molecular weight excluding hydrogens is 374 g/mol. The van der Waals surface area contributed by atoms with Crippen molar-refractivity contribution in [2.45, 2.75) is 43.0 Å². The fourth-order valence-electron chi connectivity index (χ4n) is 3.24. The van der Waals surface area contributed by atoms with Crippen LogP contribution in [0.25, 0.3) is 0 Å². The monoisotopic (exact) mass is 397 g/mol. The number of nitrogens with two attached hydrogens (primary N) is 1. The summed E-state index contributed by atoms with van der Waals surface area (Å²) in [5.74, 6) is -0.287. The van der Waals surface area contributed by atoms with E-state index in [1.54, 1.807) is 24.3 Å². The van der Waals surface area contributed by atoms with Gasteiger partial charge in [-0.2, -0.15) is 0 Å². The summed E-state index contributed by atoms with van der Waals surface area (Å²) < 4.78 is 26.4. The minimum absolute atomic E-state index is 0. The minimum Gasteiger partial charge on any atom is -0.345 e. The van der Waals surface area contributed by atoms with Crippen LogP contribution < -0.4 is 11.1 Å². The van der Waals surface area contributed by atoms with E-state index in [1.165, 1.54) is 18.5 Å². The molecule has 1 aromatic heterocycles. The van der Waals surface area contributed by atoms with Crippen LogP contribution in [0.3, 0.4) is 0 Å². The average Bonchev–Trinajstić information content (AvgIpc) is 3.25. The van der Waals surface area contributed by atoms with E-state index >= 15 is 0 Å². The standard InChI is InChI=1S/C18H23N3O3S.ClH/c1-14-4-6-16(7-5-14)25(23,24)21-11-8-15(12-21)17(22)20-18(13-19)9-2-3-10-18;/h4-8,11-12H,2-3,9-10,13,19H2,1H3,(H,20,22);1H. The molecule has 2 aromatic rings. The molecule has 0 bridgehead atoms. The second kappa shape index (κ2) is 7.82. The van der Waals surface area contributed by atoms with E-state index in [2.05, 4.69) is 5.32 Å². The number of nitrogens with one attached hydrogen (secondary N) is 1. The predicted molar refractivity (Wildman–Crippen MR) is 103 cm³/mol. The van der Waals surface area contributed by atoms with Crippen LogP contribution in [0.4, 0.5) is 0 Å². The molecule has 1 aromatic carbocycles. The van der Waals surface area contributed by atoms with Gasteiger partial charge < -0.3 is 11.1 Å². The quantitative estimate of drug-likeness (QED) is 0.810. The highest BCUT2D eigenvalue weighted by Crippen LogP contribution is 2.29. The third-order valence-electron chi connectivity index (χ3n) is 4.86. The fraction of sp³-hybridized carbons (Fsp3) is 0.389. The Bertz CT molecular complexity index is 869. The molecule has 3 N–H and O–H groups in total. The number of rotatable bonds is 5. The second-order valence-corrected chi connectivity index (χ2v) is 8.54. The molecule has 6 nitrogen and oxygen atoms in total. The van der Waals surface area contributed by atoms with Gasteiger partial charge in [-0.15, -0.1) is 12.4 Å². The normalized spacial score (nSPS) is 16.1. The minimum atomic E-state index is -3.70. The highest BCUT2D eigenvalue weighted by atomic mass is 35.5. The summed E-state index contributed by atoms with van der Waals surface area (Å²) in [6.45, 7) is 2.28. The predicted octanol–water partition coefficient (Wildman–Crippen LogP) is 2.46. The van der Waals surface area contributed by atoms with Gasteiger partial charge in [0, 0.05) is 18.9 Å². The van der Waals surface area contributed by atoms with Crippen molar-refractivity contribution in [3.8, 4) is 0 Å². The van der Waals surface area contributed by atoms with Gasteiger partial charge in [0.2, 0.25) is 0 Å². The Morgan fingerprint density at radius 1 is 1.19 bits per heavy atom. The number of carbonyl (C=O) groups is 1. The first-order valence-electron chi connectivity index (χ1n) is 8.39. The molecule has 142 valence electrons. The number of halogens is 1. The van der Waals surface area contributed by atoms with Gasteiger partial charge in [0.15, 0.2) is 0 Å². The third kappa shape index (κ3) is 3.95. The van der Waals surface area contributed by atoms with Gasteiger partial charge in [-0.25, -0.2) is 12.4 Å². The summed E-state index contributed by atoms with van der Waals surface area (Å²) in [7, 11) is -3.70. The second-order valence-electron chi connectivity index (χ2n) is 6.69. The topological polar surface area (TPSA) is 94.2 Å². The number of aromatic nitrogens is 1. The van der Waals surface area contributed by atoms with Gasteiger partial charge in [-0.1, -0.05) is 30.5 Å². The Hall–Kier alpha value is -1.83. The number of hydrogen-bond acceptors (Lipinski definition) is 4. The Balaban J connectivity index is 0.00000243. The van der Waals surface area contributed by atoms with Crippen LogP contribution in [0.15, 0.2) is 47.6 Å². The molecule has 8 heteroatoms. The van der Waals surface area contributed by atoms with E-state index in [-0.39, 0.29) is 28.7 Å². The molecule has 1 aliphatic rings. The van der Waals surface area contributed by atoms with Crippen LogP contribution in [0.5, 0.6) is 0 Å². The first-order valence-corrected chi connectivity index (χ1v) is 9.83. The first-order chi connectivity index (χ1) is 11.9. The maximum Gasteiger partial charge on any atom is 0.267 e. The molecule has 1 aliphatic carbocycles. The molecule has 0 saturated heterocycles. The molecule has 0 unspecified atom stereocenters. The fourth-order valence-corrected chi connectivity index (χ4v) is 4.43. The van der Waals surface area contributed by atoms with Crippen molar-refractivity contribution in [2.75, 3.05) is 6.54 Å². The van der Waals surface area contributed by atoms with Gasteiger partial charge in [0.05, 0.1) is 16.0 Å². The van der Waals surface area contributed by atoms with Crippen molar-refractivity contribution >= 4 is 28.3 Å². The van der Waals surface area contributed by atoms with E-state index in [1.807, 2.05) is 6.92 Å². The van der Waals surface area contributed by atoms with Gasteiger partial charge in [-0.05, 0) is 38.0 Å². The first kappa shape index (κ1) is 20.5. The van der Waals surface area contributed by atoms with Crippen molar-refractivity contribution in [2.24, 2.45) is 5.73 Å². The van der Waals surface area contributed by atoms with Crippen LogP contribution in [-0.4, -0.2) is 30.4 Å². The summed E-state index contributed by atoms with van der Waals surface area (Å²) in [6, 6.07) is 8.13. The van der Waals surface area contributed by atoms with Crippen LogP contribution in [0.1, 0.15) is 41.6 Å². The van der Waals surface area contributed by atoms with Crippen molar-refractivity contribution in [1.29, 1.82) is 0 Å². The molecule has 1 saturated carbocycles. The lowest BCUT2D eigenvalue weighted by Gasteiger charge is -2.28. The summed E-state index contributed by atoms with van der Waals surface area (Å²) in [6.07, 6.45) is 6.55.